The van der Waals surface area contributed by atoms with Gasteiger partial charge in [0, 0.05) is 55.5 Å². The third-order valence-corrected chi connectivity index (χ3v) is 13.8. The average Bonchev–Trinajstić information content (AvgIpc) is 4.10. The summed E-state index contributed by atoms with van der Waals surface area (Å²) in [5.74, 6) is 0. The molecule has 2 aliphatic rings. The molecular formula is C61H38N2O2. The van der Waals surface area contributed by atoms with Gasteiger partial charge in [-0.15, -0.1) is 0 Å². The van der Waals surface area contributed by atoms with E-state index in [2.05, 4.69) is 216 Å². The number of rotatable bonds is 6. The summed E-state index contributed by atoms with van der Waals surface area (Å²) in [5.41, 5.74) is 19.6. The zero-order valence-corrected chi connectivity index (χ0v) is 35.2. The lowest BCUT2D eigenvalue weighted by Gasteiger charge is -2.33. The Morgan fingerprint density at radius 1 is 0.277 bits per heavy atom. The molecule has 0 fully saturated rings. The Bertz CT molecular complexity index is 3860. The molecule has 1 unspecified atom stereocenters. The van der Waals surface area contributed by atoms with Gasteiger partial charge in [0.2, 0.25) is 0 Å². The molecule has 65 heavy (non-hydrogen) atoms. The number of furan rings is 2. The van der Waals surface area contributed by atoms with Gasteiger partial charge in [0.25, 0.3) is 0 Å². The number of anilines is 6. The fourth-order valence-corrected chi connectivity index (χ4v) is 11.2. The second kappa shape index (κ2) is 13.7. The molecule has 10 aromatic carbocycles. The van der Waals surface area contributed by atoms with Crippen molar-refractivity contribution in [2.45, 2.75) is 5.41 Å². The van der Waals surface area contributed by atoms with Crippen molar-refractivity contribution < 1.29 is 8.83 Å². The lowest BCUT2D eigenvalue weighted by Crippen LogP contribution is -2.26. The lowest BCUT2D eigenvalue weighted by atomic mass is 9.70. The summed E-state index contributed by atoms with van der Waals surface area (Å²) in [7, 11) is 0. The molecule has 0 N–H and O–H groups in total. The molecule has 0 aliphatic heterocycles. The van der Waals surface area contributed by atoms with Crippen LogP contribution in [0.5, 0.6) is 0 Å². The van der Waals surface area contributed by atoms with Gasteiger partial charge in [0.05, 0.1) is 11.1 Å². The van der Waals surface area contributed by atoms with E-state index in [-0.39, 0.29) is 0 Å². The van der Waals surface area contributed by atoms with Crippen LogP contribution < -0.4 is 9.80 Å². The van der Waals surface area contributed by atoms with Crippen LogP contribution in [0.2, 0.25) is 0 Å². The standard InChI is InChI=1S/C61H38N2O2/c1-3-16-39(17-4-1)62(41-31-34-58-49(36-41)46-21-9-13-28-56(46)64-58)43-30-33-45-44-20-7-11-24-51(44)61(54(45)38-43)52-25-12-8-23-48(52)60-53(61)26-15-27-55(60)63(40-18-5-2-6-19-40)42-32-35-59-50(37-42)47-22-10-14-29-57(47)65-59/h1-38H. The number of benzene rings is 10. The number of fused-ring (bicyclic) bond motifs is 16. The van der Waals surface area contributed by atoms with Gasteiger partial charge in [-0.25, -0.2) is 0 Å². The molecule has 12 aromatic rings. The van der Waals surface area contributed by atoms with Gasteiger partial charge < -0.3 is 18.6 Å². The molecule has 1 spiro atoms. The van der Waals surface area contributed by atoms with Crippen LogP contribution in [-0.4, -0.2) is 0 Å². The number of hydrogen-bond acceptors (Lipinski definition) is 4. The molecule has 2 aromatic heterocycles. The molecule has 0 saturated carbocycles. The second-order valence-corrected chi connectivity index (χ2v) is 17.2. The predicted octanol–water partition coefficient (Wildman–Crippen LogP) is 16.8. The zero-order chi connectivity index (χ0) is 42.6. The van der Waals surface area contributed by atoms with Gasteiger partial charge >= 0.3 is 0 Å². The fourth-order valence-electron chi connectivity index (χ4n) is 11.2. The summed E-state index contributed by atoms with van der Waals surface area (Å²) in [4.78, 5) is 4.82. The van der Waals surface area contributed by atoms with Crippen LogP contribution in [0.25, 0.3) is 66.1 Å². The Morgan fingerprint density at radius 2 is 0.738 bits per heavy atom. The van der Waals surface area contributed by atoms with E-state index in [1.165, 1.54) is 44.5 Å². The van der Waals surface area contributed by atoms with Crippen molar-refractivity contribution in [3.05, 3.63) is 253 Å². The monoisotopic (exact) mass is 830 g/mol. The minimum atomic E-state index is -0.593. The van der Waals surface area contributed by atoms with Gasteiger partial charge in [-0.2, -0.15) is 0 Å². The van der Waals surface area contributed by atoms with Gasteiger partial charge in [-0.3, -0.25) is 0 Å². The molecule has 0 bridgehead atoms. The van der Waals surface area contributed by atoms with Crippen molar-refractivity contribution in [2.24, 2.45) is 0 Å². The number of para-hydroxylation sites is 4. The van der Waals surface area contributed by atoms with Crippen LogP contribution in [-0.2, 0) is 5.41 Å². The van der Waals surface area contributed by atoms with Crippen LogP contribution in [0.4, 0.5) is 34.1 Å². The van der Waals surface area contributed by atoms with Crippen molar-refractivity contribution in [1.29, 1.82) is 0 Å². The Morgan fingerprint density at radius 3 is 1.40 bits per heavy atom. The smallest absolute Gasteiger partial charge is 0.135 e. The Balaban J connectivity index is 1.02. The zero-order valence-electron chi connectivity index (χ0n) is 35.2. The SMILES string of the molecule is c1ccc(N(c2ccc3c(c2)C2(c4ccccc4-3)c3ccccc3-c3c(N(c4ccccc4)c4ccc5oc6ccccc6c5c4)cccc32)c2ccc3oc4ccccc4c3c2)cc1. The topological polar surface area (TPSA) is 32.8 Å². The van der Waals surface area contributed by atoms with Gasteiger partial charge in [0.1, 0.15) is 22.3 Å². The first kappa shape index (κ1) is 35.9. The average molecular weight is 831 g/mol. The van der Waals surface area contributed by atoms with E-state index in [0.29, 0.717) is 0 Å². The quantitative estimate of drug-likeness (QED) is 0.167. The highest BCUT2D eigenvalue weighted by Gasteiger charge is 2.52. The van der Waals surface area contributed by atoms with Crippen molar-refractivity contribution in [1.82, 2.24) is 0 Å². The lowest BCUT2D eigenvalue weighted by molar-refractivity contribution is 0.668. The Labute approximate surface area is 375 Å². The highest BCUT2D eigenvalue weighted by molar-refractivity contribution is 6.09. The largest absolute Gasteiger partial charge is 0.456 e. The molecular weight excluding hydrogens is 793 g/mol. The molecule has 2 heterocycles. The summed E-state index contributed by atoms with van der Waals surface area (Å²) in [6.07, 6.45) is 0. The van der Waals surface area contributed by atoms with Crippen LogP contribution in [0.3, 0.4) is 0 Å². The number of hydrogen-bond donors (Lipinski definition) is 0. The molecule has 2 aliphatic carbocycles. The van der Waals surface area contributed by atoms with E-state index < -0.39 is 5.41 Å². The summed E-state index contributed by atoms with van der Waals surface area (Å²) in [5, 5.41) is 4.41. The summed E-state index contributed by atoms with van der Waals surface area (Å²) < 4.78 is 12.7. The first-order chi connectivity index (χ1) is 32.2. The summed E-state index contributed by atoms with van der Waals surface area (Å²) in [6.45, 7) is 0. The normalized spacial score (nSPS) is 14.5. The molecule has 0 radical (unpaired) electrons. The molecule has 0 saturated heterocycles. The molecule has 0 amide bonds. The Hall–Kier alpha value is -8.60. The molecule has 1 atom stereocenters. The highest BCUT2D eigenvalue weighted by Crippen LogP contribution is 2.65. The molecule has 4 heteroatoms. The molecule has 14 rings (SSSR count). The summed E-state index contributed by atoms with van der Waals surface area (Å²) >= 11 is 0. The van der Waals surface area contributed by atoms with E-state index in [0.717, 1.165) is 78.0 Å². The maximum absolute atomic E-state index is 6.34. The van der Waals surface area contributed by atoms with E-state index in [4.69, 9.17) is 8.83 Å². The van der Waals surface area contributed by atoms with E-state index in [1.807, 2.05) is 24.3 Å². The van der Waals surface area contributed by atoms with Gasteiger partial charge in [-0.1, -0.05) is 140 Å². The third kappa shape index (κ3) is 5.08. The van der Waals surface area contributed by atoms with E-state index in [9.17, 15) is 0 Å². The third-order valence-electron chi connectivity index (χ3n) is 13.8. The minimum Gasteiger partial charge on any atom is -0.456 e. The fraction of sp³-hybridized carbons (Fsp3) is 0.0164. The van der Waals surface area contributed by atoms with Crippen molar-refractivity contribution in [3.8, 4) is 22.3 Å². The minimum absolute atomic E-state index is 0.593. The molecule has 4 nitrogen and oxygen atoms in total. The van der Waals surface area contributed by atoms with Crippen molar-refractivity contribution in [3.63, 3.8) is 0 Å². The number of nitrogens with zero attached hydrogens (tertiary/aromatic N) is 2. The van der Waals surface area contributed by atoms with Crippen molar-refractivity contribution >= 4 is 78.0 Å². The van der Waals surface area contributed by atoms with Crippen LogP contribution >= 0.6 is 0 Å². The van der Waals surface area contributed by atoms with Gasteiger partial charge in [-0.05, 0) is 130 Å². The first-order valence-corrected chi connectivity index (χ1v) is 22.2. The van der Waals surface area contributed by atoms with Crippen LogP contribution in [0.1, 0.15) is 22.3 Å². The van der Waals surface area contributed by atoms with Crippen molar-refractivity contribution in [2.75, 3.05) is 9.80 Å². The molecule has 304 valence electrons. The van der Waals surface area contributed by atoms with E-state index in [1.54, 1.807) is 0 Å². The highest BCUT2D eigenvalue weighted by atomic mass is 16.3. The first-order valence-electron chi connectivity index (χ1n) is 22.2. The van der Waals surface area contributed by atoms with Gasteiger partial charge in [0.15, 0.2) is 0 Å². The second-order valence-electron chi connectivity index (χ2n) is 17.2. The van der Waals surface area contributed by atoms with E-state index >= 15 is 0 Å². The summed E-state index contributed by atoms with van der Waals surface area (Å²) in [6, 6.07) is 83.5. The van der Waals surface area contributed by atoms with Crippen LogP contribution in [0, 0.1) is 0 Å². The maximum atomic E-state index is 6.34. The predicted molar refractivity (Wildman–Crippen MR) is 267 cm³/mol. The van der Waals surface area contributed by atoms with Crippen LogP contribution in [0.15, 0.2) is 239 Å². The maximum Gasteiger partial charge on any atom is 0.135 e. The Kier molecular flexibility index (Phi) is 7.57.